The lowest BCUT2D eigenvalue weighted by molar-refractivity contribution is 0.103. The molecule has 0 amide bonds. The highest BCUT2D eigenvalue weighted by atomic mass is 15.2. The first-order valence-corrected chi connectivity index (χ1v) is 7.55. The highest BCUT2D eigenvalue weighted by Gasteiger charge is 2.36. The molecular weight excluding hydrogens is 232 g/mol. The minimum absolute atomic E-state index is 0.170. The third kappa shape index (κ3) is 3.18. The molecule has 2 rings (SSSR count). The number of hydrogen-bond acceptors (Lipinski definition) is 2. The summed E-state index contributed by atoms with van der Waals surface area (Å²) in [6, 6.07) is 8.84. The number of nitrogens with two attached hydrogens (primary N) is 1. The number of likely N-dealkylation sites (N-methyl/N-ethyl adjacent to an activating group) is 1. The number of hydrogen-bond donors (Lipinski definition) is 1. The number of rotatable bonds is 5. The lowest BCUT2D eigenvalue weighted by atomic mass is 9.77. The first-order valence-electron chi connectivity index (χ1n) is 7.55. The van der Waals surface area contributed by atoms with E-state index < -0.39 is 0 Å². The molecule has 0 fully saturated rings. The molecule has 0 bridgehead atoms. The summed E-state index contributed by atoms with van der Waals surface area (Å²) in [5.41, 5.74) is 9.34. The standard InChI is InChI=1S/C17H28N2/c1-14(2)9-11-19(3)17(13-18)10-8-15-6-4-5-7-16(15)12-17/h4-7,14H,8-13,18H2,1-3H3. The summed E-state index contributed by atoms with van der Waals surface area (Å²) in [6.45, 7) is 6.49. The topological polar surface area (TPSA) is 29.3 Å². The maximum absolute atomic E-state index is 6.16. The van der Waals surface area contributed by atoms with Crippen molar-refractivity contribution < 1.29 is 0 Å². The molecule has 0 aliphatic heterocycles. The molecule has 106 valence electrons. The van der Waals surface area contributed by atoms with E-state index >= 15 is 0 Å². The predicted molar refractivity (Wildman–Crippen MR) is 82.3 cm³/mol. The van der Waals surface area contributed by atoms with Crippen molar-refractivity contribution in [2.75, 3.05) is 20.1 Å². The Bertz CT molecular complexity index is 413. The van der Waals surface area contributed by atoms with E-state index in [4.69, 9.17) is 5.73 Å². The Balaban J connectivity index is 2.12. The fraction of sp³-hybridized carbons (Fsp3) is 0.647. The van der Waals surface area contributed by atoms with Gasteiger partial charge < -0.3 is 5.73 Å². The molecule has 1 aromatic rings. The van der Waals surface area contributed by atoms with Crippen molar-refractivity contribution >= 4 is 0 Å². The summed E-state index contributed by atoms with van der Waals surface area (Å²) in [5, 5.41) is 0. The van der Waals surface area contributed by atoms with Gasteiger partial charge in [-0.15, -0.1) is 0 Å². The van der Waals surface area contributed by atoms with Crippen LogP contribution in [0.5, 0.6) is 0 Å². The lowest BCUT2D eigenvalue weighted by Crippen LogP contribution is -2.55. The molecule has 0 spiro atoms. The molecule has 19 heavy (non-hydrogen) atoms. The van der Waals surface area contributed by atoms with Gasteiger partial charge in [0, 0.05) is 12.1 Å². The maximum atomic E-state index is 6.16. The molecule has 2 heteroatoms. The van der Waals surface area contributed by atoms with Gasteiger partial charge in [-0.25, -0.2) is 0 Å². The van der Waals surface area contributed by atoms with Gasteiger partial charge in [-0.3, -0.25) is 4.90 Å². The summed E-state index contributed by atoms with van der Waals surface area (Å²) in [6.07, 6.45) is 4.71. The van der Waals surface area contributed by atoms with E-state index in [1.165, 1.54) is 30.4 Å². The molecule has 0 saturated carbocycles. The molecule has 1 aliphatic carbocycles. The van der Waals surface area contributed by atoms with E-state index in [2.05, 4.69) is 50.1 Å². The number of fused-ring (bicyclic) bond motifs is 1. The fourth-order valence-electron chi connectivity index (χ4n) is 3.13. The van der Waals surface area contributed by atoms with Gasteiger partial charge in [-0.05, 0) is 56.3 Å². The molecule has 1 aliphatic rings. The van der Waals surface area contributed by atoms with E-state index in [9.17, 15) is 0 Å². The van der Waals surface area contributed by atoms with Gasteiger partial charge in [0.1, 0.15) is 0 Å². The zero-order chi connectivity index (χ0) is 13.9. The van der Waals surface area contributed by atoms with Crippen LogP contribution < -0.4 is 5.73 Å². The molecule has 1 unspecified atom stereocenters. The van der Waals surface area contributed by atoms with Crippen LogP contribution in [0.15, 0.2) is 24.3 Å². The SMILES string of the molecule is CC(C)CCN(C)C1(CN)CCc2ccccc2C1. The monoisotopic (exact) mass is 260 g/mol. The van der Waals surface area contributed by atoms with Crippen LogP contribution in [0.2, 0.25) is 0 Å². The normalized spacial score (nSPS) is 22.8. The zero-order valence-corrected chi connectivity index (χ0v) is 12.7. The summed E-state index contributed by atoms with van der Waals surface area (Å²) < 4.78 is 0. The van der Waals surface area contributed by atoms with Gasteiger partial charge in [0.2, 0.25) is 0 Å². The quantitative estimate of drug-likeness (QED) is 0.882. The Hall–Kier alpha value is -0.860. The first kappa shape index (κ1) is 14.5. The molecular formula is C17H28N2. The molecule has 0 heterocycles. The second-order valence-electron chi connectivity index (χ2n) is 6.48. The van der Waals surface area contributed by atoms with E-state index in [1.54, 1.807) is 0 Å². The molecule has 0 aromatic heterocycles. The Morgan fingerprint density at radius 1 is 1.26 bits per heavy atom. The van der Waals surface area contributed by atoms with Crippen molar-refractivity contribution in [3.63, 3.8) is 0 Å². The summed E-state index contributed by atoms with van der Waals surface area (Å²) in [7, 11) is 2.25. The van der Waals surface area contributed by atoms with E-state index in [-0.39, 0.29) is 5.54 Å². The van der Waals surface area contributed by atoms with Gasteiger partial charge in [-0.2, -0.15) is 0 Å². The van der Waals surface area contributed by atoms with Crippen LogP contribution in [0.25, 0.3) is 0 Å². The van der Waals surface area contributed by atoms with Crippen LogP contribution in [0.3, 0.4) is 0 Å². The van der Waals surface area contributed by atoms with E-state index in [1.807, 2.05) is 0 Å². The number of benzene rings is 1. The Morgan fingerprint density at radius 3 is 2.58 bits per heavy atom. The minimum Gasteiger partial charge on any atom is -0.329 e. The minimum atomic E-state index is 0.170. The average Bonchev–Trinajstić information content (AvgIpc) is 2.44. The summed E-state index contributed by atoms with van der Waals surface area (Å²) >= 11 is 0. The highest BCUT2D eigenvalue weighted by molar-refractivity contribution is 5.32. The number of nitrogens with zero attached hydrogens (tertiary/aromatic N) is 1. The van der Waals surface area contributed by atoms with Crippen molar-refractivity contribution in [1.82, 2.24) is 4.90 Å². The zero-order valence-electron chi connectivity index (χ0n) is 12.7. The average molecular weight is 260 g/mol. The van der Waals surface area contributed by atoms with Gasteiger partial charge in [0.25, 0.3) is 0 Å². The van der Waals surface area contributed by atoms with Crippen molar-refractivity contribution in [3.05, 3.63) is 35.4 Å². The smallest absolute Gasteiger partial charge is 0.0372 e. The Morgan fingerprint density at radius 2 is 1.95 bits per heavy atom. The highest BCUT2D eigenvalue weighted by Crippen LogP contribution is 2.32. The Labute approximate surface area is 118 Å². The van der Waals surface area contributed by atoms with Gasteiger partial charge >= 0.3 is 0 Å². The second kappa shape index (κ2) is 6.06. The first-order chi connectivity index (χ1) is 9.07. The van der Waals surface area contributed by atoms with Gasteiger partial charge in [0.05, 0.1) is 0 Å². The molecule has 0 saturated heterocycles. The van der Waals surface area contributed by atoms with E-state index in [0.717, 1.165) is 25.4 Å². The summed E-state index contributed by atoms with van der Waals surface area (Å²) in [4.78, 5) is 2.52. The number of aryl methyl sites for hydroxylation is 1. The van der Waals surface area contributed by atoms with Crippen molar-refractivity contribution in [3.8, 4) is 0 Å². The lowest BCUT2D eigenvalue weighted by Gasteiger charge is -2.45. The Kier molecular flexibility index (Phi) is 4.64. The van der Waals surface area contributed by atoms with Crippen LogP contribution >= 0.6 is 0 Å². The third-order valence-electron chi connectivity index (χ3n) is 4.73. The van der Waals surface area contributed by atoms with Crippen LogP contribution in [-0.4, -0.2) is 30.6 Å². The second-order valence-corrected chi connectivity index (χ2v) is 6.48. The van der Waals surface area contributed by atoms with Gasteiger partial charge in [-0.1, -0.05) is 38.1 Å². The van der Waals surface area contributed by atoms with Crippen molar-refractivity contribution in [2.24, 2.45) is 11.7 Å². The van der Waals surface area contributed by atoms with Crippen molar-refractivity contribution in [1.29, 1.82) is 0 Å². The predicted octanol–water partition coefficient (Wildman–Crippen LogP) is 2.85. The molecule has 2 nitrogen and oxygen atoms in total. The van der Waals surface area contributed by atoms with Crippen LogP contribution in [0.4, 0.5) is 0 Å². The molecule has 1 aromatic carbocycles. The van der Waals surface area contributed by atoms with E-state index in [0.29, 0.717) is 0 Å². The molecule has 2 N–H and O–H groups in total. The van der Waals surface area contributed by atoms with Crippen LogP contribution in [0.1, 0.15) is 37.8 Å². The molecule has 1 atom stereocenters. The van der Waals surface area contributed by atoms with Crippen LogP contribution in [0, 0.1) is 5.92 Å². The third-order valence-corrected chi connectivity index (χ3v) is 4.73. The fourth-order valence-corrected chi connectivity index (χ4v) is 3.13. The van der Waals surface area contributed by atoms with Crippen molar-refractivity contribution in [2.45, 2.75) is 45.1 Å². The van der Waals surface area contributed by atoms with Crippen LogP contribution in [-0.2, 0) is 12.8 Å². The molecule has 0 radical (unpaired) electrons. The summed E-state index contributed by atoms with van der Waals surface area (Å²) in [5.74, 6) is 0.758. The van der Waals surface area contributed by atoms with Gasteiger partial charge in [0.15, 0.2) is 0 Å². The largest absolute Gasteiger partial charge is 0.329 e. The maximum Gasteiger partial charge on any atom is 0.0372 e.